The molecule has 0 aliphatic carbocycles. The highest BCUT2D eigenvalue weighted by Gasteiger charge is 2.35. The second-order valence-corrected chi connectivity index (χ2v) is 4.48. The Balaban J connectivity index is 1.78. The summed E-state index contributed by atoms with van der Waals surface area (Å²) in [5, 5.41) is 2.88. The van der Waals surface area contributed by atoms with Crippen LogP contribution in [0.1, 0.15) is 6.42 Å². The van der Waals surface area contributed by atoms with Gasteiger partial charge in [-0.3, -0.25) is 9.59 Å². The Morgan fingerprint density at radius 1 is 1.59 bits per heavy atom. The topological polar surface area (TPSA) is 67.9 Å². The molecule has 2 rings (SSSR count). The molecule has 96 valence electrons. The Morgan fingerprint density at radius 2 is 2.35 bits per heavy atom. The molecule has 2 aliphatic heterocycles. The van der Waals surface area contributed by atoms with Gasteiger partial charge < -0.3 is 19.7 Å². The van der Waals surface area contributed by atoms with Crippen molar-refractivity contribution in [3.05, 3.63) is 0 Å². The molecule has 0 bridgehead atoms. The minimum Gasteiger partial charge on any atom is -0.383 e. The molecule has 0 radical (unpaired) electrons. The highest BCUT2D eigenvalue weighted by atomic mass is 16.5. The van der Waals surface area contributed by atoms with Gasteiger partial charge in [0, 0.05) is 26.6 Å². The summed E-state index contributed by atoms with van der Waals surface area (Å²) in [7, 11) is 1.60. The molecular weight excluding hydrogens is 224 g/mol. The maximum absolute atomic E-state index is 11.8. The number of carbonyl (C=O) groups is 2. The third-order valence-electron chi connectivity index (χ3n) is 3.14. The van der Waals surface area contributed by atoms with Gasteiger partial charge in [0.15, 0.2) is 0 Å². The normalized spacial score (nSPS) is 24.9. The maximum atomic E-state index is 11.8. The van der Waals surface area contributed by atoms with Crippen LogP contribution in [0.15, 0.2) is 0 Å². The first-order valence-electron chi connectivity index (χ1n) is 5.85. The SMILES string of the molecule is COCCN1CC(C(=O)NC2COC2)CC1=O. The summed E-state index contributed by atoms with van der Waals surface area (Å²) >= 11 is 0. The molecule has 0 aromatic rings. The van der Waals surface area contributed by atoms with Crippen molar-refractivity contribution < 1.29 is 19.1 Å². The van der Waals surface area contributed by atoms with E-state index >= 15 is 0 Å². The number of amides is 2. The summed E-state index contributed by atoms with van der Waals surface area (Å²) in [4.78, 5) is 25.2. The Bertz CT molecular complexity index is 304. The van der Waals surface area contributed by atoms with E-state index < -0.39 is 0 Å². The number of methoxy groups -OCH3 is 1. The van der Waals surface area contributed by atoms with Gasteiger partial charge in [-0.25, -0.2) is 0 Å². The molecule has 0 aromatic heterocycles. The van der Waals surface area contributed by atoms with E-state index in [0.29, 0.717) is 39.3 Å². The Labute approximate surface area is 100 Å². The average molecular weight is 242 g/mol. The van der Waals surface area contributed by atoms with Crippen LogP contribution in [0.25, 0.3) is 0 Å². The van der Waals surface area contributed by atoms with Crippen LogP contribution < -0.4 is 5.32 Å². The first-order valence-corrected chi connectivity index (χ1v) is 5.85. The molecule has 17 heavy (non-hydrogen) atoms. The van der Waals surface area contributed by atoms with Crippen LogP contribution in [-0.2, 0) is 19.1 Å². The highest BCUT2D eigenvalue weighted by Crippen LogP contribution is 2.18. The lowest BCUT2D eigenvalue weighted by atomic mass is 10.1. The standard InChI is InChI=1S/C11H18N2O4/c1-16-3-2-13-5-8(4-10(13)14)11(15)12-9-6-17-7-9/h8-9H,2-7H2,1H3,(H,12,15). The zero-order valence-corrected chi connectivity index (χ0v) is 9.98. The lowest BCUT2D eigenvalue weighted by Gasteiger charge is -2.27. The van der Waals surface area contributed by atoms with Crippen LogP contribution >= 0.6 is 0 Å². The Morgan fingerprint density at radius 3 is 2.94 bits per heavy atom. The van der Waals surface area contributed by atoms with E-state index in [-0.39, 0.29) is 23.8 Å². The average Bonchev–Trinajstić information content (AvgIpc) is 2.62. The molecule has 2 amide bonds. The number of carbonyl (C=O) groups excluding carboxylic acids is 2. The number of rotatable bonds is 5. The molecule has 0 saturated carbocycles. The number of hydrogen-bond acceptors (Lipinski definition) is 4. The number of hydrogen-bond donors (Lipinski definition) is 1. The Hall–Kier alpha value is -1.14. The molecule has 1 N–H and O–H groups in total. The summed E-state index contributed by atoms with van der Waals surface area (Å²) in [5.41, 5.74) is 0. The third kappa shape index (κ3) is 2.95. The lowest BCUT2D eigenvalue weighted by molar-refractivity contribution is -0.130. The van der Waals surface area contributed by atoms with Crippen molar-refractivity contribution in [3.8, 4) is 0 Å². The molecule has 2 heterocycles. The van der Waals surface area contributed by atoms with Crippen molar-refractivity contribution in [2.45, 2.75) is 12.5 Å². The van der Waals surface area contributed by atoms with Crippen LogP contribution in [0, 0.1) is 5.92 Å². The molecule has 2 aliphatic rings. The van der Waals surface area contributed by atoms with Gasteiger partial charge >= 0.3 is 0 Å². The van der Waals surface area contributed by atoms with Crippen LogP contribution in [0.4, 0.5) is 0 Å². The lowest BCUT2D eigenvalue weighted by Crippen LogP contribution is -2.50. The summed E-state index contributed by atoms with van der Waals surface area (Å²) in [6.45, 7) is 2.74. The largest absolute Gasteiger partial charge is 0.383 e. The summed E-state index contributed by atoms with van der Waals surface area (Å²) in [6.07, 6.45) is 0.309. The molecule has 0 aromatic carbocycles. The molecule has 0 spiro atoms. The van der Waals surface area contributed by atoms with E-state index in [0.717, 1.165) is 0 Å². The molecule has 1 unspecified atom stereocenters. The summed E-state index contributed by atoms with van der Waals surface area (Å²) < 4.78 is 9.91. The van der Waals surface area contributed by atoms with Gasteiger partial charge in [0.1, 0.15) is 0 Å². The molecule has 2 fully saturated rings. The van der Waals surface area contributed by atoms with Crippen molar-refractivity contribution >= 4 is 11.8 Å². The van der Waals surface area contributed by atoms with Crippen LogP contribution in [-0.4, -0.2) is 62.8 Å². The van der Waals surface area contributed by atoms with Gasteiger partial charge in [0.25, 0.3) is 0 Å². The molecular formula is C11H18N2O4. The number of nitrogens with one attached hydrogen (secondary N) is 1. The molecule has 6 heteroatoms. The Kier molecular flexibility index (Phi) is 3.96. The highest BCUT2D eigenvalue weighted by molar-refractivity contribution is 5.89. The summed E-state index contributed by atoms with van der Waals surface area (Å²) in [5.74, 6) is -0.224. The van der Waals surface area contributed by atoms with E-state index in [1.54, 1.807) is 12.0 Å². The van der Waals surface area contributed by atoms with Crippen LogP contribution in [0.2, 0.25) is 0 Å². The van der Waals surface area contributed by atoms with Crippen molar-refractivity contribution in [1.29, 1.82) is 0 Å². The second kappa shape index (κ2) is 5.46. The van der Waals surface area contributed by atoms with E-state index in [1.807, 2.05) is 0 Å². The first kappa shape index (κ1) is 12.3. The van der Waals surface area contributed by atoms with Crippen LogP contribution in [0.3, 0.4) is 0 Å². The van der Waals surface area contributed by atoms with Gasteiger partial charge in [0.05, 0.1) is 31.8 Å². The van der Waals surface area contributed by atoms with Crippen molar-refractivity contribution in [2.24, 2.45) is 5.92 Å². The fraction of sp³-hybridized carbons (Fsp3) is 0.818. The van der Waals surface area contributed by atoms with E-state index in [1.165, 1.54) is 0 Å². The minimum absolute atomic E-state index is 0.0343. The smallest absolute Gasteiger partial charge is 0.225 e. The van der Waals surface area contributed by atoms with Crippen molar-refractivity contribution in [2.75, 3.05) is 40.0 Å². The quantitative estimate of drug-likeness (QED) is 0.671. The van der Waals surface area contributed by atoms with E-state index in [2.05, 4.69) is 5.32 Å². The zero-order valence-electron chi connectivity index (χ0n) is 9.98. The third-order valence-corrected chi connectivity index (χ3v) is 3.14. The van der Waals surface area contributed by atoms with Gasteiger partial charge in [-0.2, -0.15) is 0 Å². The fourth-order valence-corrected chi connectivity index (χ4v) is 2.00. The number of nitrogens with zero attached hydrogens (tertiary/aromatic N) is 1. The van der Waals surface area contributed by atoms with Crippen molar-refractivity contribution in [1.82, 2.24) is 10.2 Å². The molecule has 6 nitrogen and oxygen atoms in total. The number of ether oxygens (including phenoxy) is 2. The first-order chi connectivity index (χ1) is 8.20. The number of likely N-dealkylation sites (tertiary alicyclic amines) is 1. The monoisotopic (exact) mass is 242 g/mol. The second-order valence-electron chi connectivity index (χ2n) is 4.48. The van der Waals surface area contributed by atoms with Gasteiger partial charge in [-0.1, -0.05) is 0 Å². The summed E-state index contributed by atoms with van der Waals surface area (Å²) in [6, 6.07) is 0.130. The molecule has 1 atom stereocenters. The van der Waals surface area contributed by atoms with Gasteiger partial charge in [0.2, 0.25) is 11.8 Å². The van der Waals surface area contributed by atoms with Gasteiger partial charge in [-0.15, -0.1) is 0 Å². The maximum Gasteiger partial charge on any atom is 0.225 e. The zero-order chi connectivity index (χ0) is 12.3. The predicted octanol–water partition coefficient (Wildman–Crippen LogP) is -1.00. The van der Waals surface area contributed by atoms with E-state index in [4.69, 9.17) is 9.47 Å². The van der Waals surface area contributed by atoms with Crippen LogP contribution in [0.5, 0.6) is 0 Å². The van der Waals surface area contributed by atoms with E-state index in [9.17, 15) is 9.59 Å². The minimum atomic E-state index is -0.222. The molecule has 2 saturated heterocycles. The van der Waals surface area contributed by atoms with Gasteiger partial charge in [-0.05, 0) is 0 Å². The predicted molar refractivity (Wildman–Crippen MR) is 59.3 cm³/mol. The van der Waals surface area contributed by atoms with Crippen molar-refractivity contribution in [3.63, 3.8) is 0 Å². The fourth-order valence-electron chi connectivity index (χ4n) is 2.00.